The van der Waals surface area contributed by atoms with E-state index in [1.54, 1.807) is 12.1 Å². The van der Waals surface area contributed by atoms with E-state index in [0.29, 0.717) is 5.02 Å². The number of benzene rings is 2. The van der Waals surface area contributed by atoms with Gasteiger partial charge in [-0.3, -0.25) is 34.2 Å². The fourth-order valence-corrected chi connectivity index (χ4v) is 4.03. The van der Waals surface area contributed by atoms with Gasteiger partial charge in [-0.05, 0) is 56.2 Å². The van der Waals surface area contributed by atoms with Crippen LogP contribution in [-0.4, -0.2) is 40.5 Å². The maximum atomic E-state index is 12.9. The molecule has 0 aromatic heterocycles. The Morgan fingerprint density at radius 1 is 1.03 bits per heavy atom. The molecule has 0 spiro atoms. The summed E-state index contributed by atoms with van der Waals surface area (Å²) >= 11 is 5.93. The van der Waals surface area contributed by atoms with Crippen LogP contribution >= 0.6 is 11.6 Å². The molecule has 2 aromatic carbocycles. The number of rotatable bonds is 4. The van der Waals surface area contributed by atoms with Gasteiger partial charge in [0.2, 0.25) is 11.8 Å². The van der Waals surface area contributed by atoms with E-state index in [0.717, 1.165) is 10.5 Å². The second-order valence-electron chi connectivity index (χ2n) is 8.29. The Morgan fingerprint density at radius 2 is 1.69 bits per heavy atom. The van der Waals surface area contributed by atoms with Crippen LogP contribution in [-0.2, 0) is 15.1 Å². The molecule has 1 atom stereocenters. The van der Waals surface area contributed by atoms with Crippen molar-refractivity contribution in [3.05, 3.63) is 69.7 Å². The minimum atomic E-state index is -1.05. The lowest BCUT2D eigenvalue weighted by Gasteiger charge is -2.27. The highest BCUT2D eigenvalue weighted by atomic mass is 35.5. The maximum Gasteiger partial charge on any atom is 0.262 e. The van der Waals surface area contributed by atoms with Crippen LogP contribution in [0.25, 0.3) is 0 Å². The first-order valence-corrected chi connectivity index (χ1v) is 10.4. The Hall–Kier alpha value is -3.52. The number of nitrogens with one attached hydrogen (secondary N) is 2. The van der Waals surface area contributed by atoms with Crippen LogP contribution in [0.15, 0.2) is 42.5 Å². The van der Waals surface area contributed by atoms with Gasteiger partial charge >= 0.3 is 0 Å². The van der Waals surface area contributed by atoms with E-state index in [1.165, 1.54) is 18.2 Å². The van der Waals surface area contributed by atoms with Crippen molar-refractivity contribution < 1.29 is 24.0 Å². The van der Waals surface area contributed by atoms with Crippen molar-refractivity contribution in [2.75, 3.05) is 0 Å². The number of nitrogens with zero attached hydrogens (tertiary/aromatic N) is 1. The van der Waals surface area contributed by atoms with E-state index in [4.69, 9.17) is 11.6 Å². The SMILES string of the molecule is CC(C)(NC(=O)c1ccc2c(c1)C(=O)N(C1CCC(=O)NC1=O)C2=O)c1ccc(Cl)cc1. The van der Waals surface area contributed by atoms with Gasteiger partial charge in [-0.2, -0.15) is 0 Å². The number of carbonyl (C=O) groups is 5. The molecule has 164 valence electrons. The van der Waals surface area contributed by atoms with Crippen molar-refractivity contribution in [3.8, 4) is 0 Å². The Kier molecular flexibility index (Phi) is 5.34. The summed E-state index contributed by atoms with van der Waals surface area (Å²) in [5.41, 5.74) is 0.493. The largest absolute Gasteiger partial charge is 0.343 e. The fourth-order valence-electron chi connectivity index (χ4n) is 3.91. The predicted molar refractivity (Wildman–Crippen MR) is 115 cm³/mol. The average molecular weight is 454 g/mol. The molecule has 5 amide bonds. The summed E-state index contributed by atoms with van der Waals surface area (Å²) in [6.45, 7) is 3.67. The van der Waals surface area contributed by atoms with Gasteiger partial charge in [0.05, 0.1) is 16.7 Å². The monoisotopic (exact) mass is 453 g/mol. The van der Waals surface area contributed by atoms with Gasteiger partial charge in [-0.15, -0.1) is 0 Å². The Bertz CT molecular complexity index is 1170. The normalized spacial score (nSPS) is 18.5. The predicted octanol–water partition coefficient (Wildman–Crippen LogP) is 2.41. The summed E-state index contributed by atoms with van der Waals surface area (Å²) in [4.78, 5) is 63.1. The minimum absolute atomic E-state index is 0.0389. The zero-order chi connectivity index (χ0) is 23.2. The molecular weight excluding hydrogens is 434 g/mol. The molecule has 0 bridgehead atoms. The lowest BCUT2D eigenvalue weighted by atomic mass is 9.93. The molecule has 2 N–H and O–H groups in total. The molecule has 4 rings (SSSR count). The maximum absolute atomic E-state index is 12.9. The molecule has 0 aliphatic carbocycles. The second-order valence-corrected chi connectivity index (χ2v) is 8.73. The summed E-state index contributed by atoms with van der Waals surface area (Å²) < 4.78 is 0. The molecule has 1 saturated heterocycles. The van der Waals surface area contributed by atoms with Gasteiger partial charge < -0.3 is 5.32 Å². The standard InChI is InChI=1S/C23H20ClN3O5/c1-23(2,13-4-6-14(24)7-5-13)26-19(29)12-3-8-15-16(11-12)22(32)27(21(15)31)17-9-10-18(28)25-20(17)30/h3-8,11,17H,9-10H2,1-2H3,(H,26,29)(H,25,28,30). The van der Waals surface area contributed by atoms with Crippen molar-refractivity contribution >= 4 is 41.1 Å². The molecule has 1 fully saturated rings. The molecule has 1 unspecified atom stereocenters. The smallest absolute Gasteiger partial charge is 0.262 e. The van der Waals surface area contributed by atoms with E-state index in [1.807, 2.05) is 26.0 Å². The molecule has 0 radical (unpaired) electrons. The first kappa shape index (κ1) is 21.7. The average Bonchev–Trinajstić information content (AvgIpc) is 2.98. The number of fused-ring (bicyclic) bond motifs is 1. The van der Waals surface area contributed by atoms with E-state index in [-0.39, 0.29) is 29.5 Å². The third-order valence-electron chi connectivity index (χ3n) is 5.69. The number of piperidine rings is 1. The number of amides is 5. The van der Waals surface area contributed by atoms with Crippen molar-refractivity contribution in [2.24, 2.45) is 0 Å². The van der Waals surface area contributed by atoms with Crippen LogP contribution in [0, 0.1) is 0 Å². The number of imide groups is 2. The van der Waals surface area contributed by atoms with Crippen LogP contribution in [0.4, 0.5) is 0 Å². The first-order valence-electron chi connectivity index (χ1n) is 10.0. The van der Waals surface area contributed by atoms with Crippen molar-refractivity contribution in [2.45, 2.75) is 38.3 Å². The molecule has 2 aliphatic rings. The van der Waals surface area contributed by atoms with Crippen molar-refractivity contribution in [1.29, 1.82) is 0 Å². The molecule has 32 heavy (non-hydrogen) atoms. The Morgan fingerprint density at radius 3 is 2.34 bits per heavy atom. The van der Waals surface area contributed by atoms with Gasteiger partial charge in [0.25, 0.3) is 17.7 Å². The third-order valence-corrected chi connectivity index (χ3v) is 5.95. The zero-order valence-electron chi connectivity index (χ0n) is 17.4. The second kappa shape index (κ2) is 7.87. The van der Waals surface area contributed by atoms with E-state index < -0.39 is 41.1 Å². The topological polar surface area (TPSA) is 113 Å². The quantitative estimate of drug-likeness (QED) is 0.690. The molecule has 0 saturated carbocycles. The summed E-state index contributed by atoms with van der Waals surface area (Å²) in [5, 5.41) is 5.65. The molecule has 2 aromatic rings. The third kappa shape index (κ3) is 3.78. The van der Waals surface area contributed by atoms with Crippen molar-refractivity contribution in [3.63, 3.8) is 0 Å². The van der Waals surface area contributed by atoms with Crippen LogP contribution in [0.5, 0.6) is 0 Å². The van der Waals surface area contributed by atoms with E-state index in [2.05, 4.69) is 10.6 Å². The van der Waals surface area contributed by atoms with Crippen molar-refractivity contribution in [1.82, 2.24) is 15.5 Å². The Labute approximate surface area is 188 Å². The van der Waals surface area contributed by atoms with Crippen LogP contribution in [0.1, 0.15) is 63.3 Å². The summed E-state index contributed by atoms with van der Waals surface area (Å²) in [6.07, 6.45) is 0.107. The lowest BCUT2D eigenvalue weighted by Crippen LogP contribution is -2.54. The zero-order valence-corrected chi connectivity index (χ0v) is 18.2. The molecule has 2 heterocycles. The molecule has 8 nitrogen and oxygen atoms in total. The number of carbonyl (C=O) groups excluding carboxylic acids is 5. The van der Waals surface area contributed by atoms with Gasteiger partial charge in [-0.1, -0.05) is 23.7 Å². The summed E-state index contributed by atoms with van der Waals surface area (Å²) in [7, 11) is 0. The van der Waals surface area contributed by atoms with Gasteiger partial charge in [0.15, 0.2) is 0 Å². The molecule has 2 aliphatic heterocycles. The number of halogens is 1. The van der Waals surface area contributed by atoms with Gasteiger partial charge in [-0.25, -0.2) is 0 Å². The van der Waals surface area contributed by atoms with Gasteiger partial charge in [0.1, 0.15) is 6.04 Å². The highest BCUT2D eigenvalue weighted by molar-refractivity contribution is 6.30. The highest BCUT2D eigenvalue weighted by Crippen LogP contribution is 2.29. The summed E-state index contributed by atoms with van der Waals surface area (Å²) in [5.74, 6) is -2.82. The first-order chi connectivity index (χ1) is 15.1. The van der Waals surface area contributed by atoms with E-state index in [9.17, 15) is 24.0 Å². The number of hydrogen-bond donors (Lipinski definition) is 2. The van der Waals surface area contributed by atoms with Crippen LogP contribution in [0.2, 0.25) is 5.02 Å². The van der Waals surface area contributed by atoms with Crippen LogP contribution < -0.4 is 10.6 Å². The molecule has 9 heteroatoms. The minimum Gasteiger partial charge on any atom is -0.343 e. The van der Waals surface area contributed by atoms with Gasteiger partial charge in [0, 0.05) is 17.0 Å². The van der Waals surface area contributed by atoms with Crippen LogP contribution in [0.3, 0.4) is 0 Å². The van der Waals surface area contributed by atoms with E-state index >= 15 is 0 Å². The number of hydrogen-bond acceptors (Lipinski definition) is 5. The fraction of sp³-hybridized carbons (Fsp3) is 0.261. The molecular formula is C23H20ClN3O5. The lowest BCUT2D eigenvalue weighted by molar-refractivity contribution is -0.136. The highest BCUT2D eigenvalue weighted by Gasteiger charge is 2.44. The summed E-state index contributed by atoms with van der Waals surface area (Å²) in [6, 6.07) is 10.3. The Balaban J connectivity index is 1.57.